The quantitative estimate of drug-likeness (QED) is 0.590. The van der Waals surface area contributed by atoms with E-state index in [9.17, 15) is 22.8 Å². The molecular formula is C25H32F3N5O2. The van der Waals surface area contributed by atoms with Gasteiger partial charge in [0.2, 0.25) is 5.91 Å². The van der Waals surface area contributed by atoms with Gasteiger partial charge in [0.1, 0.15) is 0 Å². The van der Waals surface area contributed by atoms with Crippen molar-refractivity contribution >= 4 is 23.3 Å². The van der Waals surface area contributed by atoms with Crippen molar-refractivity contribution in [2.45, 2.75) is 20.0 Å². The monoisotopic (exact) mass is 491 g/mol. The first-order valence-corrected chi connectivity index (χ1v) is 11.7. The molecule has 190 valence electrons. The van der Waals surface area contributed by atoms with Gasteiger partial charge in [-0.25, -0.2) is 4.79 Å². The average Bonchev–Trinajstić information content (AvgIpc) is 2.82. The minimum absolute atomic E-state index is 0.0381. The number of rotatable bonds is 8. The zero-order chi connectivity index (χ0) is 25.4. The zero-order valence-corrected chi connectivity index (χ0v) is 20.1. The van der Waals surface area contributed by atoms with Crippen molar-refractivity contribution in [3.05, 3.63) is 59.7 Å². The SMILES string of the molecule is CCN(CCNC(=O)N1CCN(CC(=O)Nc2ccccc2C(F)(F)F)CC1)c1cccc(C)c1. The summed E-state index contributed by atoms with van der Waals surface area (Å²) >= 11 is 0. The Labute approximate surface area is 203 Å². The second-order valence-corrected chi connectivity index (χ2v) is 8.51. The molecule has 7 nitrogen and oxygen atoms in total. The van der Waals surface area contributed by atoms with E-state index in [4.69, 9.17) is 0 Å². The number of anilines is 2. The number of amides is 3. The Morgan fingerprint density at radius 1 is 1.03 bits per heavy atom. The topological polar surface area (TPSA) is 67.9 Å². The summed E-state index contributed by atoms with van der Waals surface area (Å²) in [6.45, 7) is 7.90. The van der Waals surface area contributed by atoms with Crippen molar-refractivity contribution in [3.63, 3.8) is 0 Å². The first-order chi connectivity index (χ1) is 16.7. The molecule has 0 bridgehead atoms. The van der Waals surface area contributed by atoms with Crippen LogP contribution in [0.25, 0.3) is 0 Å². The fourth-order valence-electron chi connectivity index (χ4n) is 4.05. The molecule has 1 heterocycles. The van der Waals surface area contributed by atoms with E-state index in [1.54, 1.807) is 4.90 Å². The molecule has 1 aliphatic rings. The van der Waals surface area contributed by atoms with Crippen molar-refractivity contribution in [2.24, 2.45) is 0 Å². The summed E-state index contributed by atoms with van der Waals surface area (Å²) in [7, 11) is 0. The van der Waals surface area contributed by atoms with Crippen LogP contribution in [0.2, 0.25) is 0 Å². The lowest BCUT2D eigenvalue weighted by molar-refractivity contribution is -0.137. The van der Waals surface area contributed by atoms with Gasteiger partial charge in [-0.1, -0.05) is 24.3 Å². The second-order valence-electron chi connectivity index (χ2n) is 8.51. The van der Waals surface area contributed by atoms with Crippen molar-refractivity contribution in [1.82, 2.24) is 15.1 Å². The predicted molar refractivity (Wildman–Crippen MR) is 131 cm³/mol. The Balaban J connectivity index is 1.41. The van der Waals surface area contributed by atoms with Crippen LogP contribution >= 0.6 is 0 Å². The molecule has 1 fully saturated rings. The zero-order valence-electron chi connectivity index (χ0n) is 20.1. The minimum atomic E-state index is -4.54. The van der Waals surface area contributed by atoms with Gasteiger partial charge in [0.05, 0.1) is 17.8 Å². The van der Waals surface area contributed by atoms with Crippen molar-refractivity contribution in [1.29, 1.82) is 0 Å². The molecule has 0 aromatic heterocycles. The van der Waals surface area contributed by atoms with Gasteiger partial charge in [0, 0.05) is 51.5 Å². The number of urea groups is 1. The maximum absolute atomic E-state index is 13.1. The highest BCUT2D eigenvalue weighted by atomic mass is 19.4. The van der Waals surface area contributed by atoms with Gasteiger partial charge in [0.25, 0.3) is 0 Å². The number of aryl methyl sites for hydroxylation is 1. The van der Waals surface area contributed by atoms with Crippen LogP contribution in [-0.4, -0.2) is 74.1 Å². The van der Waals surface area contributed by atoms with Gasteiger partial charge < -0.3 is 20.4 Å². The Bertz CT molecular complexity index is 1010. The van der Waals surface area contributed by atoms with E-state index in [2.05, 4.69) is 34.6 Å². The highest BCUT2D eigenvalue weighted by molar-refractivity contribution is 5.93. The van der Waals surface area contributed by atoms with Crippen LogP contribution in [0.3, 0.4) is 0 Å². The number of carbonyl (C=O) groups excluding carboxylic acids is 2. The molecule has 2 N–H and O–H groups in total. The maximum atomic E-state index is 13.1. The number of hydrogen-bond acceptors (Lipinski definition) is 4. The first kappa shape index (κ1) is 26.3. The third kappa shape index (κ3) is 7.61. The van der Waals surface area contributed by atoms with E-state index in [0.717, 1.165) is 18.3 Å². The minimum Gasteiger partial charge on any atom is -0.370 e. The molecule has 3 amide bonds. The summed E-state index contributed by atoms with van der Waals surface area (Å²) in [5.41, 5.74) is 1.17. The summed E-state index contributed by atoms with van der Waals surface area (Å²) in [6, 6.07) is 13.0. The standard InChI is InChI=1S/C25H32F3N5O2/c1-3-32(20-8-6-7-19(2)17-20)12-11-29-24(35)33-15-13-31(14-16-33)18-23(34)30-22-10-5-4-9-21(22)25(26,27)28/h4-10,17H,3,11-16,18H2,1-2H3,(H,29,35)(H,30,34). The van der Waals surface area contributed by atoms with Gasteiger partial charge in [-0.3, -0.25) is 9.69 Å². The van der Waals surface area contributed by atoms with Gasteiger partial charge in [-0.2, -0.15) is 13.2 Å². The van der Waals surface area contributed by atoms with E-state index < -0.39 is 17.6 Å². The third-order valence-corrected chi connectivity index (χ3v) is 5.94. The Kier molecular flexibility index (Phi) is 8.97. The number of hydrogen-bond donors (Lipinski definition) is 2. The molecule has 0 radical (unpaired) electrons. The van der Waals surface area contributed by atoms with Gasteiger partial charge in [0.15, 0.2) is 0 Å². The van der Waals surface area contributed by atoms with Gasteiger partial charge >= 0.3 is 12.2 Å². The molecule has 0 saturated carbocycles. The van der Waals surface area contributed by atoms with Crippen LogP contribution in [0.5, 0.6) is 0 Å². The van der Waals surface area contributed by atoms with Crippen LogP contribution in [0, 0.1) is 6.92 Å². The maximum Gasteiger partial charge on any atom is 0.418 e. The third-order valence-electron chi connectivity index (χ3n) is 5.94. The summed E-state index contributed by atoms with van der Waals surface area (Å²) in [5, 5.41) is 5.31. The molecule has 35 heavy (non-hydrogen) atoms. The molecule has 1 saturated heterocycles. The molecule has 0 atom stereocenters. The summed E-state index contributed by atoms with van der Waals surface area (Å²) in [4.78, 5) is 30.6. The normalized spacial score (nSPS) is 14.5. The fraction of sp³-hybridized carbons (Fsp3) is 0.440. The lowest BCUT2D eigenvalue weighted by Gasteiger charge is -2.34. The molecule has 0 unspecified atom stereocenters. The number of likely N-dealkylation sites (N-methyl/N-ethyl adjacent to an activating group) is 1. The van der Waals surface area contributed by atoms with Crippen molar-refractivity contribution in [3.8, 4) is 0 Å². The lowest BCUT2D eigenvalue weighted by atomic mass is 10.1. The van der Waals surface area contributed by atoms with Crippen LogP contribution in [-0.2, 0) is 11.0 Å². The number of piperazine rings is 1. The molecule has 0 aliphatic carbocycles. The van der Waals surface area contributed by atoms with Gasteiger partial charge in [-0.05, 0) is 43.7 Å². The molecular weight excluding hydrogens is 459 g/mol. The molecule has 0 spiro atoms. The Morgan fingerprint density at radius 2 is 1.74 bits per heavy atom. The Hall–Kier alpha value is -3.27. The number of nitrogens with one attached hydrogen (secondary N) is 2. The largest absolute Gasteiger partial charge is 0.418 e. The summed E-state index contributed by atoms with van der Waals surface area (Å²) < 4.78 is 39.4. The van der Waals surface area contributed by atoms with E-state index in [-0.39, 0.29) is 18.3 Å². The lowest BCUT2D eigenvalue weighted by Crippen LogP contribution is -2.53. The predicted octanol–water partition coefficient (Wildman–Crippen LogP) is 3.81. The van der Waals surface area contributed by atoms with Crippen molar-refractivity contribution < 1.29 is 22.8 Å². The van der Waals surface area contributed by atoms with E-state index in [0.29, 0.717) is 39.3 Å². The number of carbonyl (C=O) groups is 2. The van der Waals surface area contributed by atoms with Crippen LogP contribution in [0.15, 0.2) is 48.5 Å². The summed E-state index contributed by atoms with van der Waals surface area (Å²) in [5.74, 6) is -0.518. The average molecular weight is 492 g/mol. The molecule has 2 aromatic carbocycles. The van der Waals surface area contributed by atoms with Crippen LogP contribution in [0.4, 0.5) is 29.3 Å². The fourth-order valence-corrected chi connectivity index (χ4v) is 4.05. The summed E-state index contributed by atoms with van der Waals surface area (Å²) in [6.07, 6.45) is -4.54. The smallest absolute Gasteiger partial charge is 0.370 e. The molecule has 1 aliphatic heterocycles. The number of nitrogens with zero attached hydrogens (tertiary/aromatic N) is 3. The molecule has 3 rings (SSSR count). The highest BCUT2D eigenvalue weighted by Crippen LogP contribution is 2.34. The second kappa shape index (κ2) is 11.9. The van der Waals surface area contributed by atoms with Gasteiger partial charge in [-0.15, -0.1) is 0 Å². The van der Waals surface area contributed by atoms with E-state index >= 15 is 0 Å². The number of alkyl halides is 3. The van der Waals surface area contributed by atoms with E-state index in [1.165, 1.54) is 23.8 Å². The molecule has 2 aromatic rings. The van der Waals surface area contributed by atoms with E-state index in [1.807, 2.05) is 24.0 Å². The highest BCUT2D eigenvalue weighted by Gasteiger charge is 2.33. The number of halogens is 3. The first-order valence-electron chi connectivity index (χ1n) is 11.7. The number of benzene rings is 2. The number of para-hydroxylation sites is 1. The van der Waals surface area contributed by atoms with Crippen LogP contribution < -0.4 is 15.5 Å². The van der Waals surface area contributed by atoms with Crippen molar-refractivity contribution in [2.75, 3.05) is 62.6 Å². The molecule has 10 heteroatoms. The van der Waals surface area contributed by atoms with Crippen LogP contribution in [0.1, 0.15) is 18.1 Å². The Morgan fingerprint density at radius 3 is 2.40 bits per heavy atom.